The predicted octanol–water partition coefficient (Wildman–Crippen LogP) is 3.02. The van der Waals surface area contributed by atoms with Crippen molar-refractivity contribution in [2.75, 3.05) is 18.8 Å². The van der Waals surface area contributed by atoms with Crippen molar-refractivity contribution in [3.05, 3.63) is 35.6 Å². The third-order valence-corrected chi connectivity index (χ3v) is 4.48. The molecule has 2 rings (SSSR count). The van der Waals surface area contributed by atoms with Gasteiger partial charge in [-0.05, 0) is 30.9 Å². The first-order chi connectivity index (χ1) is 10.2. The lowest BCUT2D eigenvalue weighted by Crippen LogP contribution is -2.39. The lowest BCUT2D eigenvalue weighted by Gasteiger charge is -2.10. The highest BCUT2D eigenvalue weighted by atomic mass is 32.2. The minimum Gasteiger partial charge on any atom is -0.357 e. The number of aliphatic imine (C=N–C) groups is 1. The molecule has 1 aliphatic rings. The van der Waals surface area contributed by atoms with E-state index < -0.39 is 0 Å². The molecular formula is C16H24FN3S. The Labute approximate surface area is 130 Å². The Kier molecular flexibility index (Phi) is 6.36. The van der Waals surface area contributed by atoms with Gasteiger partial charge in [-0.1, -0.05) is 25.1 Å². The summed E-state index contributed by atoms with van der Waals surface area (Å²) < 4.78 is 13.5. The second kappa shape index (κ2) is 8.27. The Balaban J connectivity index is 1.68. The molecule has 21 heavy (non-hydrogen) atoms. The van der Waals surface area contributed by atoms with E-state index in [2.05, 4.69) is 29.5 Å². The Morgan fingerprint density at radius 1 is 1.43 bits per heavy atom. The van der Waals surface area contributed by atoms with Crippen molar-refractivity contribution >= 4 is 17.7 Å². The van der Waals surface area contributed by atoms with Crippen LogP contribution >= 0.6 is 11.8 Å². The molecule has 3 nitrogen and oxygen atoms in total. The van der Waals surface area contributed by atoms with E-state index in [0.717, 1.165) is 36.3 Å². The highest BCUT2D eigenvalue weighted by molar-refractivity contribution is 7.98. The molecule has 1 aromatic rings. The van der Waals surface area contributed by atoms with Crippen molar-refractivity contribution in [3.8, 4) is 0 Å². The average molecular weight is 309 g/mol. The van der Waals surface area contributed by atoms with E-state index in [4.69, 9.17) is 0 Å². The van der Waals surface area contributed by atoms with Crippen LogP contribution in [0.1, 0.15) is 25.8 Å². The monoisotopic (exact) mass is 309 g/mol. The number of nitrogens with one attached hydrogen (secondary N) is 2. The van der Waals surface area contributed by atoms with Crippen molar-refractivity contribution in [2.45, 2.75) is 32.1 Å². The van der Waals surface area contributed by atoms with Crippen molar-refractivity contribution in [3.63, 3.8) is 0 Å². The van der Waals surface area contributed by atoms with Gasteiger partial charge in [0.15, 0.2) is 5.96 Å². The fourth-order valence-corrected chi connectivity index (χ4v) is 2.86. The van der Waals surface area contributed by atoms with Crippen LogP contribution in [0, 0.1) is 11.7 Å². The molecule has 1 aromatic carbocycles. The van der Waals surface area contributed by atoms with Gasteiger partial charge in [-0.2, -0.15) is 11.8 Å². The molecular weight excluding hydrogens is 285 g/mol. The maximum Gasteiger partial charge on any atom is 0.191 e. The minimum absolute atomic E-state index is 0.119. The SMILES string of the molecule is CCNC(=NCCSCc1ccccc1F)NC1CC1C. The van der Waals surface area contributed by atoms with Gasteiger partial charge in [0.2, 0.25) is 0 Å². The first kappa shape index (κ1) is 16.1. The number of hydrogen-bond donors (Lipinski definition) is 2. The third kappa shape index (κ3) is 5.58. The number of guanidine groups is 1. The molecule has 0 spiro atoms. The molecule has 2 N–H and O–H groups in total. The minimum atomic E-state index is -0.119. The molecule has 0 amide bonds. The van der Waals surface area contributed by atoms with Crippen molar-refractivity contribution in [2.24, 2.45) is 10.9 Å². The first-order valence-electron chi connectivity index (χ1n) is 7.56. The predicted molar refractivity (Wildman–Crippen MR) is 89.2 cm³/mol. The Bertz CT molecular complexity index is 478. The van der Waals surface area contributed by atoms with Gasteiger partial charge in [-0.25, -0.2) is 4.39 Å². The fraction of sp³-hybridized carbons (Fsp3) is 0.562. The van der Waals surface area contributed by atoms with Crippen molar-refractivity contribution < 1.29 is 4.39 Å². The van der Waals surface area contributed by atoms with Crippen LogP contribution in [0.4, 0.5) is 4.39 Å². The number of hydrogen-bond acceptors (Lipinski definition) is 2. The summed E-state index contributed by atoms with van der Waals surface area (Å²) in [5.41, 5.74) is 0.767. The second-order valence-corrected chi connectivity index (χ2v) is 6.47. The van der Waals surface area contributed by atoms with Gasteiger partial charge in [0.25, 0.3) is 0 Å². The molecule has 0 radical (unpaired) electrons. The molecule has 0 aliphatic heterocycles. The highest BCUT2D eigenvalue weighted by Gasteiger charge is 2.33. The molecule has 116 valence electrons. The van der Waals surface area contributed by atoms with Gasteiger partial charge < -0.3 is 10.6 Å². The van der Waals surface area contributed by atoms with Crippen LogP contribution in [-0.4, -0.2) is 30.8 Å². The quantitative estimate of drug-likeness (QED) is 0.462. The number of thioether (sulfide) groups is 1. The topological polar surface area (TPSA) is 36.4 Å². The highest BCUT2D eigenvalue weighted by Crippen LogP contribution is 2.28. The first-order valence-corrected chi connectivity index (χ1v) is 8.72. The standard InChI is InChI=1S/C16H24FN3S/c1-3-18-16(20-15-10-12(15)2)19-8-9-21-11-13-6-4-5-7-14(13)17/h4-7,12,15H,3,8-11H2,1-2H3,(H2,18,19,20). The van der Waals surface area contributed by atoms with Crippen molar-refractivity contribution in [1.82, 2.24) is 10.6 Å². The van der Waals surface area contributed by atoms with Crippen LogP contribution in [-0.2, 0) is 5.75 Å². The Morgan fingerprint density at radius 2 is 2.19 bits per heavy atom. The summed E-state index contributed by atoms with van der Waals surface area (Å²) in [6, 6.07) is 7.53. The maximum atomic E-state index is 13.5. The summed E-state index contributed by atoms with van der Waals surface area (Å²) in [5.74, 6) is 3.13. The van der Waals surface area contributed by atoms with Gasteiger partial charge in [0.1, 0.15) is 5.82 Å². The van der Waals surface area contributed by atoms with Gasteiger partial charge in [-0.15, -0.1) is 0 Å². The van der Waals surface area contributed by atoms with E-state index in [1.54, 1.807) is 17.8 Å². The molecule has 1 aliphatic carbocycles. The normalized spacial score (nSPS) is 21.2. The summed E-state index contributed by atoms with van der Waals surface area (Å²) in [6.45, 7) is 5.93. The van der Waals surface area contributed by atoms with Crippen LogP contribution in [0.15, 0.2) is 29.3 Å². The number of halogens is 1. The van der Waals surface area contributed by atoms with Crippen LogP contribution < -0.4 is 10.6 Å². The summed E-state index contributed by atoms with van der Waals surface area (Å²) in [7, 11) is 0. The smallest absolute Gasteiger partial charge is 0.191 e. The largest absolute Gasteiger partial charge is 0.357 e. The third-order valence-electron chi connectivity index (χ3n) is 3.50. The molecule has 2 atom stereocenters. The average Bonchev–Trinajstić information content (AvgIpc) is 3.16. The lowest BCUT2D eigenvalue weighted by molar-refractivity contribution is 0.617. The zero-order valence-corrected chi connectivity index (χ0v) is 13.5. The molecule has 1 saturated carbocycles. The van der Waals surface area contributed by atoms with E-state index in [0.29, 0.717) is 11.8 Å². The molecule has 0 heterocycles. The zero-order valence-electron chi connectivity index (χ0n) is 12.7. The van der Waals surface area contributed by atoms with Crippen LogP contribution in [0.5, 0.6) is 0 Å². The maximum absolute atomic E-state index is 13.5. The molecule has 0 aromatic heterocycles. The zero-order chi connectivity index (χ0) is 15.1. The molecule has 5 heteroatoms. The van der Waals surface area contributed by atoms with Crippen LogP contribution in [0.3, 0.4) is 0 Å². The number of rotatable bonds is 7. The summed E-state index contributed by atoms with van der Waals surface area (Å²) in [5, 5.41) is 6.69. The van der Waals surface area contributed by atoms with Gasteiger partial charge in [0.05, 0.1) is 6.54 Å². The Hall–Kier alpha value is -1.23. The van der Waals surface area contributed by atoms with Gasteiger partial charge >= 0.3 is 0 Å². The van der Waals surface area contributed by atoms with Crippen LogP contribution in [0.2, 0.25) is 0 Å². The number of benzene rings is 1. The fourth-order valence-electron chi connectivity index (χ4n) is 2.04. The molecule has 1 fully saturated rings. The van der Waals surface area contributed by atoms with Gasteiger partial charge in [-0.3, -0.25) is 4.99 Å². The van der Waals surface area contributed by atoms with E-state index in [9.17, 15) is 4.39 Å². The van der Waals surface area contributed by atoms with Gasteiger partial charge in [0, 0.05) is 24.1 Å². The number of nitrogens with zero attached hydrogens (tertiary/aromatic N) is 1. The van der Waals surface area contributed by atoms with E-state index in [1.807, 2.05) is 12.1 Å². The summed E-state index contributed by atoms with van der Waals surface area (Å²) in [4.78, 5) is 4.56. The van der Waals surface area contributed by atoms with E-state index in [1.165, 1.54) is 12.5 Å². The molecule has 0 saturated heterocycles. The van der Waals surface area contributed by atoms with Crippen molar-refractivity contribution in [1.29, 1.82) is 0 Å². The molecule has 0 bridgehead atoms. The summed E-state index contributed by atoms with van der Waals surface area (Å²) >= 11 is 1.71. The van der Waals surface area contributed by atoms with E-state index in [-0.39, 0.29) is 5.82 Å². The van der Waals surface area contributed by atoms with E-state index >= 15 is 0 Å². The second-order valence-electron chi connectivity index (χ2n) is 5.37. The molecule has 2 unspecified atom stereocenters. The summed E-state index contributed by atoms with van der Waals surface area (Å²) in [6.07, 6.45) is 1.23. The Morgan fingerprint density at radius 3 is 2.86 bits per heavy atom. The van der Waals surface area contributed by atoms with Crippen LogP contribution in [0.25, 0.3) is 0 Å². The lowest BCUT2D eigenvalue weighted by atomic mass is 10.2.